The van der Waals surface area contributed by atoms with Gasteiger partial charge in [-0.1, -0.05) is 12.1 Å². The molecule has 0 bridgehead atoms. The van der Waals surface area contributed by atoms with E-state index in [1.807, 2.05) is 0 Å². The molecule has 0 amide bonds. The SMILES string of the molecule is COc1ccc(Cn2ccc(=O)n([C@@H]3O[C@H](CO)[C@@H](O)[C@H]3O)c2=O)cc1. The number of aromatic nitrogens is 2. The third kappa shape index (κ3) is 3.29. The van der Waals surface area contributed by atoms with E-state index < -0.39 is 42.4 Å². The van der Waals surface area contributed by atoms with Crippen LogP contribution in [0.5, 0.6) is 5.75 Å². The predicted molar refractivity (Wildman–Crippen MR) is 90.1 cm³/mol. The zero-order valence-electron chi connectivity index (χ0n) is 14.1. The van der Waals surface area contributed by atoms with Gasteiger partial charge < -0.3 is 24.8 Å². The number of aliphatic hydroxyl groups is 3. The van der Waals surface area contributed by atoms with Crippen LogP contribution in [0.2, 0.25) is 0 Å². The summed E-state index contributed by atoms with van der Waals surface area (Å²) in [5.74, 6) is 0.678. The lowest BCUT2D eigenvalue weighted by Gasteiger charge is -2.18. The molecular formula is C17H20N2O7. The fraction of sp³-hybridized carbons (Fsp3) is 0.412. The first kappa shape index (κ1) is 18.3. The molecule has 0 saturated carbocycles. The number of rotatable bonds is 5. The summed E-state index contributed by atoms with van der Waals surface area (Å²) in [5, 5.41) is 29.1. The molecule has 26 heavy (non-hydrogen) atoms. The van der Waals surface area contributed by atoms with Gasteiger partial charge >= 0.3 is 5.69 Å². The van der Waals surface area contributed by atoms with Gasteiger partial charge in [0.15, 0.2) is 6.23 Å². The van der Waals surface area contributed by atoms with Gasteiger partial charge in [-0.3, -0.25) is 9.36 Å². The van der Waals surface area contributed by atoms with Gasteiger partial charge in [0.05, 0.1) is 20.3 Å². The maximum Gasteiger partial charge on any atom is 0.333 e. The number of aliphatic hydroxyl groups excluding tert-OH is 3. The quantitative estimate of drug-likeness (QED) is 0.601. The van der Waals surface area contributed by atoms with Crippen LogP contribution in [-0.4, -0.2) is 56.5 Å². The molecule has 140 valence electrons. The molecule has 1 aromatic carbocycles. The Morgan fingerprint density at radius 1 is 1.12 bits per heavy atom. The molecule has 9 heteroatoms. The smallest absolute Gasteiger partial charge is 0.333 e. The minimum absolute atomic E-state index is 0.192. The van der Waals surface area contributed by atoms with Crippen LogP contribution in [0.1, 0.15) is 11.8 Å². The molecule has 0 aliphatic carbocycles. The second-order valence-corrected chi connectivity index (χ2v) is 6.01. The molecule has 3 N–H and O–H groups in total. The van der Waals surface area contributed by atoms with Crippen LogP contribution >= 0.6 is 0 Å². The topological polar surface area (TPSA) is 123 Å². The largest absolute Gasteiger partial charge is 0.497 e. The van der Waals surface area contributed by atoms with Gasteiger partial charge in [-0.15, -0.1) is 0 Å². The van der Waals surface area contributed by atoms with Crippen molar-refractivity contribution in [2.24, 2.45) is 0 Å². The molecule has 1 saturated heterocycles. The van der Waals surface area contributed by atoms with Crippen molar-refractivity contribution in [1.29, 1.82) is 0 Å². The van der Waals surface area contributed by atoms with E-state index in [2.05, 4.69) is 0 Å². The van der Waals surface area contributed by atoms with E-state index in [1.165, 1.54) is 16.8 Å². The maximum absolute atomic E-state index is 12.7. The fourth-order valence-electron chi connectivity index (χ4n) is 2.91. The Kier molecular flexibility index (Phi) is 5.23. The first-order chi connectivity index (χ1) is 12.5. The van der Waals surface area contributed by atoms with Gasteiger partial charge in [0.1, 0.15) is 24.1 Å². The Morgan fingerprint density at radius 2 is 1.81 bits per heavy atom. The van der Waals surface area contributed by atoms with E-state index in [0.29, 0.717) is 5.75 Å². The zero-order valence-corrected chi connectivity index (χ0v) is 14.1. The molecule has 1 fully saturated rings. The van der Waals surface area contributed by atoms with Crippen molar-refractivity contribution < 1.29 is 24.8 Å². The Labute approximate surface area is 148 Å². The lowest BCUT2D eigenvalue weighted by atomic mass is 10.1. The summed E-state index contributed by atoms with van der Waals surface area (Å²) in [7, 11) is 1.55. The van der Waals surface area contributed by atoms with E-state index in [9.17, 15) is 24.9 Å². The van der Waals surface area contributed by atoms with E-state index in [1.54, 1.807) is 31.4 Å². The fourth-order valence-corrected chi connectivity index (χ4v) is 2.91. The van der Waals surface area contributed by atoms with Gasteiger partial charge in [0.25, 0.3) is 5.56 Å². The van der Waals surface area contributed by atoms with Crippen molar-refractivity contribution in [1.82, 2.24) is 9.13 Å². The Morgan fingerprint density at radius 3 is 2.38 bits per heavy atom. The van der Waals surface area contributed by atoms with E-state index in [0.717, 1.165) is 10.1 Å². The van der Waals surface area contributed by atoms with Crippen LogP contribution < -0.4 is 16.0 Å². The summed E-state index contributed by atoms with van der Waals surface area (Å²) in [4.78, 5) is 24.9. The highest BCUT2D eigenvalue weighted by molar-refractivity contribution is 5.27. The van der Waals surface area contributed by atoms with Crippen molar-refractivity contribution in [3.05, 3.63) is 62.9 Å². The monoisotopic (exact) mass is 364 g/mol. The third-order valence-corrected chi connectivity index (χ3v) is 4.37. The number of nitrogens with zero attached hydrogens (tertiary/aromatic N) is 2. The Hall–Kier alpha value is -2.46. The predicted octanol–water partition coefficient (Wildman–Crippen LogP) is -1.32. The van der Waals surface area contributed by atoms with Crippen LogP contribution in [-0.2, 0) is 11.3 Å². The number of methoxy groups -OCH3 is 1. The van der Waals surface area contributed by atoms with Crippen molar-refractivity contribution in [3.8, 4) is 5.75 Å². The van der Waals surface area contributed by atoms with Gasteiger partial charge in [-0.05, 0) is 17.7 Å². The molecule has 3 rings (SSSR count). The normalized spacial score (nSPS) is 25.4. The van der Waals surface area contributed by atoms with Gasteiger partial charge in [-0.25, -0.2) is 9.36 Å². The Balaban J connectivity index is 1.94. The lowest BCUT2D eigenvalue weighted by Crippen LogP contribution is -2.45. The van der Waals surface area contributed by atoms with E-state index in [4.69, 9.17) is 9.47 Å². The molecule has 0 spiro atoms. The highest BCUT2D eigenvalue weighted by Crippen LogP contribution is 2.27. The number of hydrogen-bond donors (Lipinski definition) is 3. The Bertz CT molecular complexity index is 874. The zero-order chi connectivity index (χ0) is 18.8. The first-order valence-electron chi connectivity index (χ1n) is 8.03. The van der Waals surface area contributed by atoms with Gasteiger partial charge in [0, 0.05) is 12.3 Å². The van der Waals surface area contributed by atoms with Crippen LogP contribution in [0.4, 0.5) is 0 Å². The minimum Gasteiger partial charge on any atom is -0.497 e. The lowest BCUT2D eigenvalue weighted by molar-refractivity contribution is -0.0570. The van der Waals surface area contributed by atoms with Crippen molar-refractivity contribution >= 4 is 0 Å². The molecule has 2 aromatic rings. The molecule has 1 aliphatic rings. The molecule has 9 nitrogen and oxygen atoms in total. The average molecular weight is 364 g/mol. The molecule has 1 aromatic heterocycles. The average Bonchev–Trinajstić information content (AvgIpc) is 2.93. The van der Waals surface area contributed by atoms with Gasteiger partial charge in [0.2, 0.25) is 0 Å². The summed E-state index contributed by atoms with van der Waals surface area (Å²) in [6.45, 7) is -0.353. The molecule has 0 radical (unpaired) electrons. The molecule has 2 heterocycles. The van der Waals surface area contributed by atoms with Crippen molar-refractivity contribution in [2.75, 3.05) is 13.7 Å². The first-order valence-corrected chi connectivity index (χ1v) is 8.03. The molecule has 4 atom stereocenters. The minimum atomic E-state index is -1.51. The van der Waals surface area contributed by atoms with Crippen LogP contribution in [0, 0.1) is 0 Å². The molecular weight excluding hydrogens is 344 g/mol. The number of benzene rings is 1. The van der Waals surface area contributed by atoms with Crippen LogP contribution in [0.3, 0.4) is 0 Å². The standard InChI is InChI=1S/C17H20N2O7/c1-25-11-4-2-10(3-5-11)8-18-7-6-13(21)19(17(18)24)16-15(23)14(22)12(9-20)26-16/h2-7,12,14-16,20,22-23H,8-9H2,1H3/t12-,14-,15-,16-/m1/s1. The van der Waals surface area contributed by atoms with E-state index >= 15 is 0 Å². The summed E-state index contributed by atoms with van der Waals surface area (Å²) in [6.07, 6.45) is -3.99. The third-order valence-electron chi connectivity index (χ3n) is 4.37. The second kappa shape index (κ2) is 7.42. The van der Waals surface area contributed by atoms with Crippen LogP contribution in [0.25, 0.3) is 0 Å². The summed E-state index contributed by atoms with van der Waals surface area (Å²) < 4.78 is 12.4. The maximum atomic E-state index is 12.7. The summed E-state index contributed by atoms with van der Waals surface area (Å²) in [6, 6.07) is 8.25. The second-order valence-electron chi connectivity index (χ2n) is 6.01. The summed E-state index contributed by atoms with van der Waals surface area (Å²) in [5.41, 5.74) is -0.557. The highest BCUT2D eigenvalue weighted by Gasteiger charge is 2.44. The number of hydrogen-bond acceptors (Lipinski definition) is 7. The van der Waals surface area contributed by atoms with Gasteiger partial charge in [-0.2, -0.15) is 0 Å². The van der Waals surface area contributed by atoms with Crippen molar-refractivity contribution in [2.45, 2.75) is 31.1 Å². The molecule has 1 aliphatic heterocycles. The van der Waals surface area contributed by atoms with Crippen LogP contribution in [0.15, 0.2) is 46.1 Å². The van der Waals surface area contributed by atoms with E-state index in [-0.39, 0.29) is 6.54 Å². The summed E-state index contributed by atoms with van der Waals surface area (Å²) >= 11 is 0. The highest BCUT2D eigenvalue weighted by atomic mass is 16.6. The molecule has 0 unspecified atom stereocenters. The van der Waals surface area contributed by atoms with Crippen molar-refractivity contribution in [3.63, 3.8) is 0 Å². The number of ether oxygens (including phenoxy) is 2.